The van der Waals surface area contributed by atoms with Gasteiger partial charge in [-0.25, -0.2) is 4.98 Å². The van der Waals surface area contributed by atoms with Gasteiger partial charge in [0.15, 0.2) is 6.61 Å². The minimum Gasteiger partial charge on any atom is -0.484 e. The van der Waals surface area contributed by atoms with Crippen molar-refractivity contribution < 1.29 is 9.53 Å². The molecule has 152 valence electrons. The molecule has 1 aliphatic rings. The molecule has 0 spiro atoms. The van der Waals surface area contributed by atoms with Crippen LogP contribution in [-0.2, 0) is 16.8 Å². The molecule has 2 heterocycles. The number of aromatic nitrogens is 1. The lowest BCUT2D eigenvalue weighted by Crippen LogP contribution is -2.38. The molecule has 1 aliphatic heterocycles. The molecule has 7 heteroatoms. The fraction of sp³-hybridized carbons (Fsp3) is 0.524. The first-order chi connectivity index (χ1) is 13.3. The molecule has 1 amide bonds. The summed E-state index contributed by atoms with van der Waals surface area (Å²) in [6.07, 6.45) is 0.961. The second-order valence-electron chi connectivity index (χ2n) is 8.15. The molecule has 0 unspecified atom stereocenters. The first-order valence-corrected chi connectivity index (χ1v) is 10.9. The van der Waals surface area contributed by atoms with Crippen molar-refractivity contribution in [2.24, 2.45) is 0 Å². The topological polar surface area (TPSA) is 45.7 Å². The van der Waals surface area contributed by atoms with Crippen molar-refractivity contribution in [2.45, 2.75) is 39.2 Å². The van der Waals surface area contributed by atoms with Gasteiger partial charge in [0, 0.05) is 48.5 Å². The molecule has 1 aromatic heterocycles. The number of halogens is 1. The van der Waals surface area contributed by atoms with Gasteiger partial charge in [0.25, 0.3) is 5.91 Å². The van der Waals surface area contributed by atoms with Gasteiger partial charge in [-0.05, 0) is 30.7 Å². The zero-order chi connectivity index (χ0) is 20.1. The predicted molar refractivity (Wildman–Crippen MR) is 114 cm³/mol. The van der Waals surface area contributed by atoms with E-state index in [2.05, 4.69) is 31.1 Å². The van der Waals surface area contributed by atoms with Crippen molar-refractivity contribution in [3.8, 4) is 5.75 Å². The molecule has 0 atom stereocenters. The van der Waals surface area contributed by atoms with E-state index < -0.39 is 0 Å². The molecule has 0 radical (unpaired) electrons. The summed E-state index contributed by atoms with van der Waals surface area (Å²) < 4.78 is 5.60. The predicted octanol–water partition coefficient (Wildman–Crippen LogP) is 4.21. The molecule has 0 bridgehead atoms. The Labute approximate surface area is 176 Å². The summed E-state index contributed by atoms with van der Waals surface area (Å²) >= 11 is 7.60. The molecule has 0 aliphatic carbocycles. The van der Waals surface area contributed by atoms with E-state index in [0.717, 1.165) is 44.8 Å². The van der Waals surface area contributed by atoms with Gasteiger partial charge >= 0.3 is 0 Å². The van der Waals surface area contributed by atoms with Crippen molar-refractivity contribution >= 4 is 28.8 Å². The van der Waals surface area contributed by atoms with Crippen LogP contribution >= 0.6 is 22.9 Å². The monoisotopic (exact) mass is 421 g/mol. The normalized spacial score (nSPS) is 16.1. The quantitative estimate of drug-likeness (QED) is 0.725. The highest BCUT2D eigenvalue weighted by molar-refractivity contribution is 7.09. The summed E-state index contributed by atoms with van der Waals surface area (Å²) in [5.41, 5.74) is 1.22. The smallest absolute Gasteiger partial charge is 0.260 e. The van der Waals surface area contributed by atoms with Gasteiger partial charge < -0.3 is 9.64 Å². The Hall–Kier alpha value is -1.63. The molecule has 1 aromatic carbocycles. The lowest BCUT2D eigenvalue weighted by Gasteiger charge is -2.21. The van der Waals surface area contributed by atoms with Crippen molar-refractivity contribution in [3.05, 3.63) is 45.4 Å². The fourth-order valence-corrected chi connectivity index (χ4v) is 4.12. The van der Waals surface area contributed by atoms with E-state index >= 15 is 0 Å². The van der Waals surface area contributed by atoms with E-state index in [1.165, 1.54) is 5.01 Å². The van der Waals surface area contributed by atoms with Gasteiger partial charge in [0.2, 0.25) is 0 Å². The van der Waals surface area contributed by atoms with Gasteiger partial charge in [-0.1, -0.05) is 32.4 Å². The van der Waals surface area contributed by atoms with Gasteiger partial charge in [0.05, 0.1) is 10.7 Å². The van der Waals surface area contributed by atoms with Gasteiger partial charge in [-0.2, -0.15) is 0 Å². The zero-order valence-electron chi connectivity index (χ0n) is 16.8. The number of thiazole rings is 1. The summed E-state index contributed by atoms with van der Waals surface area (Å²) in [6.45, 7) is 10.8. The Morgan fingerprint density at radius 3 is 2.61 bits per heavy atom. The maximum atomic E-state index is 12.5. The van der Waals surface area contributed by atoms with E-state index in [0.29, 0.717) is 10.8 Å². The van der Waals surface area contributed by atoms with Crippen LogP contribution in [0.2, 0.25) is 5.02 Å². The fourth-order valence-electron chi connectivity index (χ4n) is 3.10. The third-order valence-electron chi connectivity index (χ3n) is 4.70. The summed E-state index contributed by atoms with van der Waals surface area (Å²) in [6, 6.07) is 7.07. The van der Waals surface area contributed by atoms with Gasteiger partial charge in [0.1, 0.15) is 5.75 Å². The second kappa shape index (κ2) is 9.25. The van der Waals surface area contributed by atoms with Crippen LogP contribution in [0.25, 0.3) is 0 Å². The van der Waals surface area contributed by atoms with Crippen LogP contribution in [0.4, 0.5) is 0 Å². The number of benzene rings is 1. The highest BCUT2D eigenvalue weighted by atomic mass is 35.5. The molecular formula is C21H28ClN3O2S. The first kappa shape index (κ1) is 21.1. The molecule has 1 saturated heterocycles. The standard InChI is InChI=1S/C21H28ClN3O2S/c1-21(2,3)20-23-17(15-28-20)13-24-9-4-10-25(12-11-24)19(26)14-27-18-7-5-16(22)6-8-18/h5-8,15H,4,9-14H2,1-3H3. The van der Waals surface area contributed by atoms with Crippen LogP contribution in [0.3, 0.4) is 0 Å². The third kappa shape index (κ3) is 5.93. The first-order valence-electron chi connectivity index (χ1n) is 9.64. The van der Waals surface area contributed by atoms with Crippen LogP contribution in [0.5, 0.6) is 5.75 Å². The second-order valence-corrected chi connectivity index (χ2v) is 9.44. The Bertz CT molecular complexity index is 786. The lowest BCUT2D eigenvalue weighted by molar-refractivity contribution is -0.133. The molecule has 0 N–H and O–H groups in total. The highest BCUT2D eigenvalue weighted by Crippen LogP contribution is 2.26. The molecule has 5 nitrogen and oxygen atoms in total. The van der Waals surface area contributed by atoms with Crippen LogP contribution < -0.4 is 4.74 Å². The number of hydrogen-bond acceptors (Lipinski definition) is 5. The number of rotatable bonds is 5. The van der Waals surface area contributed by atoms with Crippen molar-refractivity contribution in [1.82, 2.24) is 14.8 Å². The number of nitrogens with zero attached hydrogens (tertiary/aromatic N) is 3. The lowest BCUT2D eigenvalue weighted by atomic mass is 9.98. The minimum atomic E-state index is 0.0282. The minimum absolute atomic E-state index is 0.0282. The van der Waals surface area contributed by atoms with E-state index in [-0.39, 0.29) is 17.9 Å². The number of carbonyl (C=O) groups is 1. The van der Waals surface area contributed by atoms with Crippen LogP contribution in [-0.4, -0.2) is 53.5 Å². The molecule has 1 fully saturated rings. The Morgan fingerprint density at radius 1 is 1.18 bits per heavy atom. The Kier molecular flexibility index (Phi) is 6.96. The molecular weight excluding hydrogens is 394 g/mol. The van der Waals surface area contributed by atoms with E-state index in [4.69, 9.17) is 21.3 Å². The molecule has 0 saturated carbocycles. The summed E-state index contributed by atoms with van der Waals surface area (Å²) in [7, 11) is 0. The zero-order valence-corrected chi connectivity index (χ0v) is 18.4. The summed E-state index contributed by atoms with van der Waals surface area (Å²) in [5.74, 6) is 0.688. The number of ether oxygens (including phenoxy) is 1. The van der Waals surface area contributed by atoms with Crippen molar-refractivity contribution in [2.75, 3.05) is 32.8 Å². The van der Waals surface area contributed by atoms with Crippen LogP contribution in [0.1, 0.15) is 37.9 Å². The number of carbonyl (C=O) groups excluding carboxylic acids is 1. The van der Waals surface area contributed by atoms with Crippen molar-refractivity contribution in [1.29, 1.82) is 0 Å². The highest BCUT2D eigenvalue weighted by Gasteiger charge is 2.22. The van der Waals surface area contributed by atoms with E-state index in [1.807, 2.05) is 4.90 Å². The van der Waals surface area contributed by atoms with E-state index in [9.17, 15) is 4.79 Å². The van der Waals surface area contributed by atoms with E-state index in [1.54, 1.807) is 35.6 Å². The SMILES string of the molecule is CC(C)(C)c1nc(CN2CCCN(C(=O)COc3ccc(Cl)cc3)CC2)cs1. The van der Waals surface area contributed by atoms with Crippen LogP contribution in [0.15, 0.2) is 29.6 Å². The third-order valence-corrected chi connectivity index (χ3v) is 6.26. The summed E-state index contributed by atoms with van der Waals surface area (Å²) in [4.78, 5) is 21.6. The average molecular weight is 422 g/mol. The molecule has 28 heavy (non-hydrogen) atoms. The largest absolute Gasteiger partial charge is 0.484 e. The van der Waals surface area contributed by atoms with Gasteiger partial charge in [-0.3, -0.25) is 9.69 Å². The average Bonchev–Trinajstić information content (AvgIpc) is 3.00. The Morgan fingerprint density at radius 2 is 1.93 bits per heavy atom. The Balaban J connectivity index is 1.48. The summed E-state index contributed by atoms with van der Waals surface area (Å²) in [5, 5.41) is 3.99. The van der Waals surface area contributed by atoms with Crippen LogP contribution in [0, 0.1) is 0 Å². The molecule has 3 rings (SSSR count). The maximum absolute atomic E-state index is 12.5. The number of amides is 1. The number of hydrogen-bond donors (Lipinski definition) is 0. The maximum Gasteiger partial charge on any atom is 0.260 e. The van der Waals surface area contributed by atoms with Gasteiger partial charge in [-0.15, -0.1) is 11.3 Å². The molecule has 2 aromatic rings. The van der Waals surface area contributed by atoms with Crippen molar-refractivity contribution in [3.63, 3.8) is 0 Å².